The Morgan fingerprint density at radius 2 is 1.83 bits per heavy atom. The van der Waals surface area contributed by atoms with Crippen LogP contribution in [0.3, 0.4) is 0 Å². The third-order valence-electron chi connectivity index (χ3n) is 11.5. The predicted octanol–water partition coefficient (Wildman–Crippen LogP) is 2.32. The number of amides is 1. The van der Waals surface area contributed by atoms with Crippen LogP contribution in [-0.2, 0) is 33.5 Å². The molecule has 5 rings (SSSR count). The van der Waals surface area contributed by atoms with Crippen molar-refractivity contribution in [3.05, 3.63) is 46.7 Å². The highest BCUT2D eigenvalue weighted by atomic mass is 16.8. The molecular formula is C34H41N2O12-. The van der Waals surface area contributed by atoms with Crippen molar-refractivity contribution in [2.24, 2.45) is 28.6 Å². The zero-order chi connectivity index (χ0) is 35.2. The zero-order valence-electron chi connectivity index (χ0n) is 26.8. The van der Waals surface area contributed by atoms with Gasteiger partial charge in [-0.05, 0) is 73.1 Å². The second-order valence-electron chi connectivity index (χ2n) is 14.1. The molecule has 1 aromatic rings. The van der Waals surface area contributed by atoms with Gasteiger partial charge in [0.25, 0.3) is 0 Å². The lowest BCUT2D eigenvalue weighted by atomic mass is 9.46. The van der Waals surface area contributed by atoms with Gasteiger partial charge in [0.15, 0.2) is 18.4 Å². The lowest BCUT2D eigenvalue weighted by Gasteiger charge is -2.57. The number of fused-ring (bicyclic) bond motifs is 5. The summed E-state index contributed by atoms with van der Waals surface area (Å²) in [5, 5.41) is 53.7. The molecule has 0 aromatic heterocycles. The number of Topliss-reactive ketones (excluding diaryl/α,β-unsaturated/α-hetero) is 2. The summed E-state index contributed by atoms with van der Waals surface area (Å²) in [7, 11) is 0. The molecule has 14 nitrogen and oxygen atoms in total. The molecule has 1 aromatic carbocycles. The summed E-state index contributed by atoms with van der Waals surface area (Å²) in [5.41, 5.74) is -2.73. The molecule has 0 spiro atoms. The van der Waals surface area contributed by atoms with Crippen LogP contribution in [0.5, 0.6) is 0 Å². The molecule has 48 heavy (non-hydrogen) atoms. The topological polar surface area (TPSA) is 231 Å². The number of ketones is 3. The van der Waals surface area contributed by atoms with E-state index in [-0.39, 0.29) is 53.4 Å². The van der Waals surface area contributed by atoms with Crippen molar-refractivity contribution in [3.8, 4) is 0 Å². The first kappa shape index (κ1) is 35.3. The molecule has 8 atom stereocenters. The molecule has 0 radical (unpaired) electrons. The first-order valence-corrected chi connectivity index (χ1v) is 16.2. The molecule has 4 aliphatic carbocycles. The average Bonchev–Trinajstić information content (AvgIpc) is 3.31. The molecule has 4 aliphatic rings. The lowest BCUT2D eigenvalue weighted by Crippen LogP contribution is -2.61. The maximum absolute atomic E-state index is 13.8. The number of carboxylic acids is 1. The minimum atomic E-state index is -1.91. The van der Waals surface area contributed by atoms with Crippen molar-refractivity contribution >= 4 is 40.9 Å². The Kier molecular flexibility index (Phi) is 9.67. The SMILES string of the molecule is CC12CCC(=O)C=C1CCC1C2C(=O)CC2(C)C1CCC2(O)C(=O)COC(=O)CCC(=O)NC(C(=O)O)C(O)c1cccc(N([O-])O)c1. The third kappa shape index (κ3) is 6.17. The number of rotatable bonds is 11. The van der Waals surface area contributed by atoms with E-state index < -0.39 is 76.9 Å². The van der Waals surface area contributed by atoms with Crippen LogP contribution in [0.25, 0.3) is 0 Å². The molecule has 0 aliphatic heterocycles. The van der Waals surface area contributed by atoms with Gasteiger partial charge in [-0.25, -0.2) is 4.79 Å². The standard InChI is InChI=1S/C34H41N2O12/c1-32-12-10-21(37)15-19(32)6-7-22-23-11-13-34(45,33(23,2)16-24(38)28(22)32)25(39)17-48-27(41)9-8-26(40)35-29(31(43)44)30(42)18-4-3-5-20(14-18)36(46)47/h3-5,14-15,22-23,28-30,42,45-46H,6-13,16-17H2,1-2H3,(H,35,40)(H,43,44)/q-1. The van der Waals surface area contributed by atoms with Gasteiger partial charge in [0.05, 0.1) is 12.1 Å². The summed E-state index contributed by atoms with van der Waals surface area (Å²) in [6.07, 6.45) is 1.77. The molecule has 8 unspecified atom stereocenters. The highest BCUT2D eigenvalue weighted by Crippen LogP contribution is 2.66. The number of carbonyl (C=O) groups is 6. The van der Waals surface area contributed by atoms with Gasteiger partial charge in [-0.1, -0.05) is 31.6 Å². The van der Waals surface area contributed by atoms with Gasteiger partial charge in [-0.3, -0.25) is 29.2 Å². The van der Waals surface area contributed by atoms with Crippen LogP contribution in [-0.4, -0.2) is 74.0 Å². The number of anilines is 1. The second kappa shape index (κ2) is 13.1. The fraction of sp³-hybridized carbons (Fsp3) is 0.588. The number of allylic oxidation sites excluding steroid dienone is 1. The van der Waals surface area contributed by atoms with Crippen molar-refractivity contribution in [2.75, 3.05) is 11.8 Å². The normalized spacial score (nSPS) is 32.1. The Morgan fingerprint density at radius 3 is 2.52 bits per heavy atom. The number of ether oxygens (including phenoxy) is 1. The van der Waals surface area contributed by atoms with Crippen molar-refractivity contribution in [3.63, 3.8) is 0 Å². The minimum absolute atomic E-state index is 0.0119. The number of hydrogen-bond donors (Lipinski definition) is 5. The number of aliphatic hydroxyl groups is 2. The maximum Gasteiger partial charge on any atom is 0.329 e. The van der Waals surface area contributed by atoms with Crippen molar-refractivity contribution < 1.29 is 54.0 Å². The van der Waals surface area contributed by atoms with E-state index >= 15 is 0 Å². The Balaban J connectivity index is 1.16. The van der Waals surface area contributed by atoms with Crippen LogP contribution in [0.4, 0.5) is 5.69 Å². The van der Waals surface area contributed by atoms with Crippen LogP contribution in [0.15, 0.2) is 35.9 Å². The summed E-state index contributed by atoms with van der Waals surface area (Å²) < 4.78 is 5.12. The number of aliphatic hydroxyl groups excluding tert-OH is 1. The van der Waals surface area contributed by atoms with Crippen LogP contribution in [0, 0.1) is 33.8 Å². The molecule has 3 saturated carbocycles. The maximum atomic E-state index is 13.8. The first-order chi connectivity index (χ1) is 22.5. The van der Waals surface area contributed by atoms with E-state index in [1.165, 1.54) is 18.2 Å². The summed E-state index contributed by atoms with van der Waals surface area (Å²) in [6, 6.07) is 2.98. The molecular weight excluding hydrogens is 628 g/mol. The van der Waals surface area contributed by atoms with Crippen LogP contribution in [0.1, 0.15) is 83.3 Å². The predicted molar refractivity (Wildman–Crippen MR) is 166 cm³/mol. The van der Waals surface area contributed by atoms with Crippen molar-refractivity contribution in [1.82, 2.24) is 5.32 Å². The van der Waals surface area contributed by atoms with E-state index in [0.29, 0.717) is 32.1 Å². The Bertz CT molecular complexity index is 1560. The van der Waals surface area contributed by atoms with Gasteiger partial charge in [0.2, 0.25) is 11.7 Å². The highest BCUT2D eigenvalue weighted by Gasteiger charge is 2.68. The highest BCUT2D eigenvalue weighted by molar-refractivity contribution is 5.95. The second-order valence-corrected chi connectivity index (χ2v) is 14.1. The Hall–Kier alpha value is -3.98. The quantitative estimate of drug-likeness (QED) is 0.168. The molecule has 14 heteroatoms. The van der Waals surface area contributed by atoms with Crippen molar-refractivity contribution in [2.45, 2.75) is 89.4 Å². The first-order valence-electron chi connectivity index (χ1n) is 16.2. The largest absolute Gasteiger partial charge is 0.733 e. The van der Waals surface area contributed by atoms with Crippen LogP contribution >= 0.6 is 0 Å². The number of esters is 1. The molecule has 260 valence electrons. The number of hydrogen-bond acceptors (Lipinski definition) is 12. The van der Waals surface area contributed by atoms with Gasteiger partial charge < -0.3 is 35.8 Å². The Labute approximate surface area is 276 Å². The molecule has 0 bridgehead atoms. The summed E-state index contributed by atoms with van der Waals surface area (Å²) in [6.45, 7) is 3.03. The minimum Gasteiger partial charge on any atom is -0.733 e. The number of nitrogens with zero attached hydrogens (tertiary/aromatic N) is 1. The lowest BCUT2D eigenvalue weighted by molar-refractivity contribution is -0.173. The molecule has 1 amide bonds. The molecule has 0 saturated heterocycles. The monoisotopic (exact) mass is 669 g/mol. The van der Waals surface area contributed by atoms with Crippen molar-refractivity contribution in [1.29, 1.82) is 0 Å². The third-order valence-corrected chi connectivity index (χ3v) is 11.5. The van der Waals surface area contributed by atoms with E-state index in [1.54, 1.807) is 13.0 Å². The number of aliphatic carboxylic acids is 1. The fourth-order valence-electron chi connectivity index (χ4n) is 8.94. The van der Waals surface area contributed by atoms with Gasteiger partial charge >= 0.3 is 11.9 Å². The molecule has 0 heterocycles. The Morgan fingerprint density at radius 1 is 1.10 bits per heavy atom. The number of nitrogens with one attached hydrogen (secondary N) is 1. The molecule has 3 fully saturated rings. The number of benzene rings is 1. The molecule has 5 N–H and O–H groups in total. The van der Waals surface area contributed by atoms with Gasteiger partial charge in [0.1, 0.15) is 17.5 Å². The number of carbonyl (C=O) groups excluding carboxylic acids is 5. The number of carboxylic acid groups (broad SMARTS) is 1. The van der Waals surface area contributed by atoms with E-state index in [9.17, 15) is 49.3 Å². The van der Waals surface area contributed by atoms with E-state index in [4.69, 9.17) is 9.94 Å². The summed E-state index contributed by atoms with van der Waals surface area (Å²) in [4.78, 5) is 76.1. The van der Waals surface area contributed by atoms with Crippen LogP contribution < -0.4 is 10.5 Å². The smallest absolute Gasteiger partial charge is 0.329 e. The van der Waals surface area contributed by atoms with Gasteiger partial charge in [-0.15, -0.1) is 0 Å². The van der Waals surface area contributed by atoms with E-state index in [0.717, 1.165) is 11.6 Å². The van der Waals surface area contributed by atoms with E-state index in [1.807, 2.05) is 0 Å². The summed E-state index contributed by atoms with van der Waals surface area (Å²) in [5.74, 6) is -4.63. The zero-order valence-corrected chi connectivity index (χ0v) is 26.8. The van der Waals surface area contributed by atoms with Gasteiger partial charge in [-0.2, -0.15) is 0 Å². The van der Waals surface area contributed by atoms with Gasteiger partial charge in [0, 0.05) is 30.6 Å². The van der Waals surface area contributed by atoms with E-state index in [2.05, 4.69) is 12.2 Å². The summed E-state index contributed by atoms with van der Waals surface area (Å²) >= 11 is 0. The average molecular weight is 670 g/mol. The van der Waals surface area contributed by atoms with Crippen LogP contribution in [0.2, 0.25) is 0 Å². The fourth-order valence-corrected chi connectivity index (χ4v) is 8.94.